The Hall–Kier alpha value is -4.26. The van der Waals surface area contributed by atoms with Crippen LogP contribution >= 0.6 is 0 Å². The summed E-state index contributed by atoms with van der Waals surface area (Å²) in [6.07, 6.45) is 2.79. The van der Waals surface area contributed by atoms with Crippen molar-refractivity contribution < 1.29 is 19.4 Å². The summed E-state index contributed by atoms with van der Waals surface area (Å²) in [6, 6.07) is 16.9. The van der Waals surface area contributed by atoms with Crippen molar-refractivity contribution in [2.75, 3.05) is 6.79 Å². The topological polar surface area (TPSA) is 121 Å². The molecule has 33 heavy (non-hydrogen) atoms. The second-order valence-corrected chi connectivity index (χ2v) is 8.02. The van der Waals surface area contributed by atoms with E-state index in [2.05, 4.69) is 11.9 Å². The van der Waals surface area contributed by atoms with Gasteiger partial charge in [-0.1, -0.05) is 43.3 Å². The summed E-state index contributed by atoms with van der Waals surface area (Å²) in [5.41, 5.74) is 11.0. The molecule has 0 bridgehead atoms. The number of aromatic amines is 1. The lowest BCUT2D eigenvalue weighted by atomic mass is 9.83. The van der Waals surface area contributed by atoms with Gasteiger partial charge >= 0.3 is 5.97 Å². The van der Waals surface area contributed by atoms with E-state index < -0.39 is 5.97 Å². The number of hydrogen-bond acceptors (Lipinski definition) is 4. The van der Waals surface area contributed by atoms with E-state index in [1.54, 1.807) is 6.07 Å². The number of carbonyl (C=O) groups is 1. The molecule has 7 nitrogen and oxygen atoms in total. The summed E-state index contributed by atoms with van der Waals surface area (Å²) >= 11 is 0. The van der Waals surface area contributed by atoms with E-state index in [1.165, 1.54) is 6.07 Å². The molecule has 4 aromatic rings. The summed E-state index contributed by atoms with van der Waals surface area (Å²) in [4.78, 5) is 15.4. The number of nitrogen functional groups attached to an aromatic ring is 1. The molecule has 0 saturated heterocycles. The highest BCUT2D eigenvalue weighted by molar-refractivity contribution is 6.00. The highest BCUT2D eigenvalue weighted by atomic mass is 16.7. The number of amidine groups is 1. The molecule has 0 radical (unpaired) electrons. The van der Waals surface area contributed by atoms with Crippen molar-refractivity contribution in [3.8, 4) is 22.6 Å². The zero-order valence-corrected chi connectivity index (χ0v) is 18.0. The smallest absolute Gasteiger partial charge is 0.336 e. The number of ether oxygens (including phenoxy) is 2. The molecule has 1 aromatic heterocycles. The molecular formula is C26H23N3O4. The normalized spacial score (nSPS) is 13.2. The molecule has 0 aliphatic carbocycles. The van der Waals surface area contributed by atoms with Crippen LogP contribution in [0.15, 0.2) is 60.8 Å². The lowest BCUT2D eigenvalue weighted by molar-refractivity contribution is 0.0697. The van der Waals surface area contributed by atoms with Gasteiger partial charge in [-0.25, -0.2) is 4.79 Å². The van der Waals surface area contributed by atoms with Gasteiger partial charge in [0.05, 0.1) is 5.56 Å². The summed E-state index contributed by atoms with van der Waals surface area (Å²) in [6.45, 7) is 2.19. The van der Waals surface area contributed by atoms with Crippen molar-refractivity contribution in [1.29, 1.82) is 5.41 Å². The Morgan fingerprint density at radius 1 is 1.09 bits per heavy atom. The number of aromatic nitrogens is 1. The van der Waals surface area contributed by atoms with Crippen LogP contribution in [-0.4, -0.2) is 28.7 Å². The van der Waals surface area contributed by atoms with E-state index in [4.69, 9.17) is 20.6 Å². The highest BCUT2D eigenvalue weighted by Gasteiger charge is 2.25. The molecule has 7 heteroatoms. The Labute approximate surface area is 190 Å². The minimum absolute atomic E-state index is 0.0187. The first-order chi connectivity index (χ1) is 16.0. The van der Waals surface area contributed by atoms with Crippen LogP contribution < -0.4 is 15.2 Å². The van der Waals surface area contributed by atoms with Crippen LogP contribution in [0.1, 0.15) is 46.3 Å². The van der Waals surface area contributed by atoms with Crippen LogP contribution in [0.3, 0.4) is 0 Å². The summed E-state index contributed by atoms with van der Waals surface area (Å²) in [7, 11) is 0. The first kappa shape index (κ1) is 20.6. The van der Waals surface area contributed by atoms with Crippen molar-refractivity contribution in [3.63, 3.8) is 0 Å². The molecular weight excluding hydrogens is 418 g/mol. The second-order valence-electron chi connectivity index (χ2n) is 8.02. The average Bonchev–Trinajstić information content (AvgIpc) is 3.45. The Bertz CT molecular complexity index is 1410. The molecule has 166 valence electrons. The van der Waals surface area contributed by atoms with E-state index in [0.717, 1.165) is 34.0 Å². The maximum absolute atomic E-state index is 12.1. The maximum atomic E-state index is 12.1. The number of rotatable bonds is 6. The zero-order chi connectivity index (χ0) is 23.1. The van der Waals surface area contributed by atoms with Gasteiger partial charge in [0, 0.05) is 34.1 Å². The minimum atomic E-state index is -1.02. The van der Waals surface area contributed by atoms with Gasteiger partial charge in [0.2, 0.25) is 6.79 Å². The fourth-order valence-electron chi connectivity index (χ4n) is 4.60. The number of H-pyrrole nitrogens is 1. The highest BCUT2D eigenvalue weighted by Crippen LogP contribution is 2.43. The molecule has 1 unspecified atom stereocenters. The summed E-state index contributed by atoms with van der Waals surface area (Å²) in [5.74, 6) is 0.00920. The molecule has 0 amide bonds. The van der Waals surface area contributed by atoms with Gasteiger partial charge in [0.25, 0.3) is 0 Å². The average molecular weight is 441 g/mol. The van der Waals surface area contributed by atoms with Crippen molar-refractivity contribution >= 4 is 22.7 Å². The number of carboxylic acid groups (broad SMARTS) is 1. The predicted molar refractivity (Wildman–Crippen MR) is 126 cm³/mol. The van der Waals surface area contributed by atoms with Gasteiger partial charge in [0.1, 0.15) is 5.84 Å². The molecule has 1 atom stereocenters. The zero-order valence-electron chi connectivity index (χ0n) is 18.0. The largest absolute Gasteiger partial charge is 0.478 e. The fourth-order valence-corrected chi connectivity index (χ4v) is 4.60. The molecule has 2 heterocycles. The summed E-state index contributed by atoms with van der Waals surface area (Å²) < 4.78 is 10.9. The molecule has 1 aliphatic heterocycles. The fraction of sp³-hybridized carbons (Fsp3) is 0.154. The van der Waals surface area contributed by atoms with Crippen LogP contribution in [-0.2, 0) is 0 Å². The Morgan fingerprint density at radius 2 is 1.85 bits per heavy atom. The monoisotopic (exact) mass is 441 g/mol. The third-order valence-corrected chi connectivity index (χ3v) is 6.18. The van der Waals surface area contributed by atoms with Crippen LogP contribution in [0.5, 0.6) is 11.5 Å². The van der Waals surface area contributed by atoms with Crippen molar-refractivity contribution in [1.82, 2.24) is 4.98 Å². The standard InChI is InChI=1S/C26H23N3O4/c1-2-15(21-12-29-22-9-14(25(27)28)7-8-18(21)22)16-5-3-4-6-17(16)19-10-23-24(33-13-32-23)11-20(19)26(30)31/h3-12,15,29H,2,13H2,1H3,(H3,27,28)(H,30,31). The van der Waals surface area contributed by atoms with Gasteiger partial charge in [-0.2, -0.15) is 0 Å². The van der Waals surface area contributed by atoms with Crippen molar-refractivity contribution in [3.05, 3.63) is 83.0 Å². The molecule has 0 fully saturated rings. The molecule has 5 rings (SSSR count). The number of hydrogen-bond donors (Lipinski definition) is 4. The number of fused-ring (bicyclic) bond motifs is 2. The quantitative estimate of drug-likeness (QED) is 0.245. The number of nitrogens with one attached hydrogen (secondary N) is 2. The first-order valence-corrected chi connectivity index (χ1v) is 10.7. The SMILES string of the molecule is CCC(c1ccccc1-c1cc2c(cc1C(=O)O)OCO2)c1c[nH]c2cc(C(=N)N)ccc12. The van der Waals surface area contributed by atoms with E-state index in [1.807, 2.05) is 48.7 Å². The molecule has 1 aliphatic rings. The van der Waals surface area contributed by atoms with Crippen LogP contribution in [0.4, 0.5) is 0 Å². The first-order valence-electron chi connectivity index (χ1n) is 10.7. The van der Waals surface area contributed by atoms with Crippen molar-refractivity contribution in [2.24, 2.45) is 5.73 Å². The van der Waals surface area contributed by atoms with Crippen LogP contribution in [0, 0.1) is 5.41 Å². The number of aromatic carboxylic acids is 1. The predicted octanol–water partition coefficient (Wildman–Crippen LogP) is 5.09. The van der Waals surface area contributed by atoms with Crippen LogP contribution in [0.2, 0.25) is 0 Å². The lowest BCUT2D eigenvalue weighted by Crippen LogP contribution is -2.10. The Balaban J connectivity index is 1.67. The van der Waals surface area contributed by atoms with E-state index in [0.29, 0.717) is 22.6 Å². The van der Waals surface area contributed by atoms with Gasteiger partial charge in [0.15, 0.2) is 11.5 Å². The Kier molecular flexibility index (Phi) is 5.01. The Morgan fingerprint density at radius 3 is 2.58 bits per heavy atom. The van der Waals surface area contributed by atoms with Crippen molar-refractivity contribution in [2.45, 2.75) is 19.3 Å². The van der Waals surface area contributed by atoms with E-state index in [-0.39, 0.29) is 24.1 Å². The number of carboxylic acids is 1. The van der Waals surface area contributed by atoms with Crippen LogP contribution in [0.25, 0.3) is 22.0 Å². The third-order valence-electron chi connectivity index (χ3n) is 6.18. The number of benzene rings is 3. The summed E-state index contributed by atoms with van der Waals surface area (Å²) in [5, 5.41) is 18.7. The molecule has 5 N–H and O–H groups in total. The lowest BCUT2D eigenvalue weighted by Gasteiger charge is -2.20. The van der Waals surface area contributed by atoms with E-state index >= 15 is 0 Å². The van der Waals surface area contributed by atoms with E-state index in [9.17, 15) is 9.90 Å². The van der Waals surface area contributed by atoms with Gasteiger partial charge < -0.3 is 25.3 Å². The maximum Gasteiger partial charge on any atom is 0.336 e. The molecule has 0 spiro atoms. The molecule has 3 aromatic carbocycles. The van der Waals surface area contributed by atoms with Gasteiger partial charge in [-0.15, -0.1) is 0 Å². The third kappa shape index (κ3) is 3.47. The van der Waals surface area contributed by atoms with Gasteiger partial charge in [-0.3, -0.25) is 5.41 Å². The second kappa shape index (κ2) is 8.02. The molecule has 0 saturated carbocycles. The number of nitrogens with two attached hydrogens (primary N) is 1. The van der Waals surface area contributed by atoms with Gasteiger partial charge in [-0.05, 0) is 41.3 Å². The minimum Gasteiger partial charge on any atom is -0.478 e.